The molecule has 0 bridgehead atoms. The highest BCUT2D eigenvalue weighted by molar-refractivity contribution is 6.74. The van der Waals surface area contributed by atoms with Gasteiger partial charge < -0.3 is 4.43 Å². The second kappa shape index (κ2) is 10.2. The van der Waals surface area contributed by atoms with Gasteiger partial charge in [-0.05, 0) is 50.2 Å². The van der Waals surface area contributed by atoms with Gasteiger partial charge in [-0.15, -0.1) is 0 Å². The average molecular weight is 309 g/mol. The molecule has 0 unspecified atom stereocenters. The van der Waals surface area contributed by atoms with Crippen molar-refractivity contribution in [3.63, 3.8) is 0 Å². The van der Waals surface area contributed by atoms with Crippen molar-refractivity contribution in [2.45, 2.75) is 72.0 Å². The Hall–Kier alpha value is -0.603. The summed E-state index contributed by atoms with van der Waals surface area (Å²) in [6.07, 6.45) is 16.2. The van der Waals surface area contributed by atoms with Crippen LogP contribution >= 0.6 is 0 Å². The molecule has 0 amide bonds. The van der Waals surface area contributed by atoms with Gasteiger partial charge in [0.25, 0.3) is 0 Å². The largest absolute Gasteiger partial charge is 0.417 e. The first-order valence-corrected chi connectivity index (χ1v) is 11.2. The number of rotatable bonds is 9. The average Bonchev–Trinajstić information content (AvgIpc) is 2.37. The van der Waals surface area contributed by atoms with Crippen LogP contribution in [-0.4, -0.2) is 14.9 Å². The van der Waals surface area contributed by atoms with Gasteiger partial charge in [-0.2, -0.15) is 0 Å². The van der Waals surface area contributed by atoms with Gasteiger partial charge in [-0.25, -0.2) is 0 Å². The maximum Gasteiger partial charge on any atom is 0.191 e. The molecular weight excluding hydrogens is 272 g/mol. The van der Waals surface area contributed by atoms with E-state index in [1.807, 2.05) is 19.1 Å². The zero-order chi connectivity index (χ0) is 16.4. The molecule has 0 rings (SSSR count). The molecule has 1 nitrogen and oxygen atoms in total. The van der Waals surface area contributed by atoms with Crippen molar-refractivity contribution < 1.29 is 4.43 Å². The van der Waals surface area contributed by atoms with Gasteiger partial charge in [-0.3, -0.25) is 0 Å². The van der Waals surface area contributed by atoms with Crippen LogP contribution in [0.15, 0.2) is 36.5 Å². The summed E-state index contributed by atoms with van der Waals surface area (Å²) in [7, 11) is -1.55. The number of allylic oxidation sites excluding steroid dienone is 6. The Balaban J connectivity index is 3.83. The summed E-state index contributed by atoms with van der Waals surface area (Å²) >= 11 is 0. The second-order valence-electron chi connectivity index (χ2n) is 7.43. The van der Waals surface area contributed by atoms with E-state index in [4.69, 9.17) is 4.43 Å². The minimum Gasteiger partial charge on any atom is -0.417 e. The number of hydrogen-bond donors (Lipinski definition) is 0. The minimum absolute atomic E-state index is 0.320. The fraction of sp³-hybridized carbons (Fsp3) is 0.684. The van der Waals surface area contributed by atoms with E-state index in [0.29, 0.717) is 5.04 Å². The van der Waals surface area contributed by atoms with Crippen LogP contribution in [0.5, 0.6) is 0 Å². The lowest BCUT2D eigenvalue weighted by Crippen LogP contribution is -2.41. The summed E-state index contributed by atoms with van der Waals surface area (Å²) in [6, 6.07) is 0. The lowest BCUT2D eigenvalue weighted by atomic mass is 10.0. The molecule has 122 valence electrons. The molecule has 0 aliphatic carbocycles. The molecule has 0 saturated heterocycles. The fourth-order valence-corrected chi connectivity index (χ4v) is 2.81. The molecular formula is C19H36OSi. The Morgan fingerprint density at radius 1 is 1.05 bits per heavy atom. The van der Waals surface area contributed by atoms with Crippen molar-refractivity contribution in [2.24, 2.45) is 5.92 Å². The monoisotopic (exact) mass is 308 g/mol. The third kappa shape index (κ3) is 9.86. The molecule has 0 fully saturated rings. The molecule has 0 saturated carbocycles. The van der Waals surface area contributed by atoms with Gasteiger partial charge in [0.05, 0.1) is 0 Å². The first kappa shape index (κ1) is 20.4. The first-order valence-electron chi connectivity index (χ1n) is 8.29. The molecule has 0 aromatic carbocycles. The van der Waals surface area contributed by atoms with Gasteiger partial charge in [0.2, 0.25) is 0 Å². The van der Waals surface area contributed by atoms with Crippen molar-refractivity contribution in [2.75, 3.05) is 6.61 Å². The van der Waals surface area contributed by atoms with Crippen molar-refractivity contribution >= 4 is 8.32 Å². The zero-order valence-electron chi connectivity index (χ0n) is 15.3. The highest BCUT2D eigenvalue weighted by Crippen LogP contribution is 2.36. The standard InChI is InChI=1S/C19H36OSi/c1-8-9-10-11-12-13-15-18(2)16-14-17-20-21(6,7)19(3,4)5/h8-13,18H,14-17H2,1-7H3/b9-8+,11-10+,13-12+/t18-/m0/s1. The summed E-state index contributed by atoms with van der Waals surface area (Å²) in [5, 5.41) is 0.320. The van der Waals surface area contributed by atoms with Gasteiger partial charge >= 0.3 is 0 Å². The van der Waals surface area contributed by atoms with Gasteiger partial charge in [0, 0.05) is 6.61 Å². The Labute approximate surface area is 134 Å². The molecule has 0 aliphatic rings. The van der Waals surface area contributed by atoms with Gasteiger partial charge in [0.1, 0.15) is 0 Å². The van der Waals surface area contributed by atoms with E-state index in [1.54, 1.807) is 0 Å². The molecule has 0 spiro atoms. The van der Waals surface area contributed by atoms with Gasteiger partial charge in [0.15, 0.2) is 8.32 Å². The van der Waals surface area contributed by atoms with Crippen LogP contribution in [-0.2, 0) is 4.43 Å². The third-order valence-corrected chi connectivity index (χ3v) is 8.85. The molecule has 0 aliphatic heterocycles. The Morgan fingerprint density at radius 2 is 1.67 bits per heavy atom. The van der Waals surface area contributed by atoms with E-state index in [2.05, 4.69) is 65.1 Å². The van der Waals surface area contributed by atoms with Crippen molar-refractivity contribution in [3.05, 3.63) is 36.5 Å². The van der Waals surface area contributed by atoms with Crippen LogP contribution in [0.2, 0.25) is 18.1 Å². The lowest BCUT2D eigenvalue weighted by Gasteiger charge is -2.36. The summed E-state index contributed by atoms with van der Waals surface area (Å²) < 4.78 is 6.22. The normalized spacial score (nSPS) is 15.6. The molecule has 0 radical (unpaired) electrons. The summed E-state index contributed by atoms with van der Waals surface area (Å²) in [6.45, 7) is 16.8. The quantitative estimate of drug-likeness (QED) is 0.268. The summed E-state index contributed by atoms with van der Waals surface area (Å²) in [5.41, 5.74) is 0. The van der Waals surface area contributed by atoms with Crippen LogP contribution in [0.3, 0.4) is 0 Å². The summed E-state index contributed by atoms with van der Waals surface area (Å²) in [5.74, 6) is 0.736. The van der Waals surface area contributed by atoms with Crippen molar-refractivity contribution in [1.82, 2.24) is 0 Å². The maximum atomic E-state index is 6.22. The Kier molecular flexibility index (Phi) is 9.89. The highest BCUT2D eigenvalue weighted by atomic mass is 28.4. The Morgan fingerprint density at radius 3 is 2.24 bits per heavy atom. The van der Waals surface area contributed by atoms with Crippen LogP contribution in [0.25, 0.3) is 0 Å². The van der Waals surface area contributed by atoms with Crippen LogP contribution in [0, 0.1) is 5.92 Å². The SMILES string of the molecule is C/C=C/C=C/C=C/C[C@H](C)CCCO[Si](C)(C)C(C)(C)C. The molecule has 0 aromatic heterocycles. The van der Waals surface area contributed by atoms with E-state index in [0.717, 1.165) is 18.9 Å². The molecule has 2 heteroatoms. The smallest absolute Gasteiger partial charge is 0.191 e. The summed E-state index contributed by atoms with van der Waals surface area (Å²) in [4.78, 5) is 0. The molecule has 21 heavy (non-hydrogen) atoms. The van der Waals surface area contributed by atoms with E-state index >= 15 is 0 Å². The topological polar surface area (TPSA) is 9.23 Å². The predicted molar refractivity (Wildman–Crippen MR) is 99.3 cm³/mol. The molecule has 1 atom stereocenters. The molecule has 0 N–H and O–H groups in total. The molecule has 0 heterocycles. The highest BCUT2D eigenvalue weighted by Gasteiger charge is 2.36. The van der Waals surface area contributed by atoms with E-state index in [9.17, 15) is 0 Å². The van der Waals surface area contributed by atoms with Crippen molar-refractivity contribution in [3.8, 4) is 0 Å². The minimum atomic E-state index is -1.55. The second-order valence-corrected chi connectivity index (χ2v) is 12.2. The van der Waals surface area contributed by atoms with E-state index < -0.39 is 8.32 Å². The van der Waals surface area contributed by atoms with Crippen LogP contribution < -0.4 is 0 Å². The van der Waals surface area contributed by atoms with E-state index in [-0.39, 0.29) is 0 Å². The zero-order valence-corrected chi connectivity index (χ0v) is 16.3. The maximum absolute atomic E-state index is 6.22. The van der Waals surface area contributed by atoms with Crippen LogP contribution in [0.4, 0.5) is 0 Å². The first-order chi connectivity index (χ1) is 9.70. The number of hydrogen-bond acceptors (Lipinski definition) is 1. The Bertz CT molecular complexity index is 345. The van der Waals surface area contributed by atoms with Crippen LogP contribution in [0.1, 0.15) is 53.9 Å². The van der Waals surface area contributed by atoms with Crippen molar-refractivity contribution in [1.29, 1.82) is 0 Å². The van der Waals surface area contributed by atoms with E-state index in [1.165, 1.54) is 12.8 Å². The lowest BCUT2D eigenvalue weighted by molar-refractivity contribution is 0.270. The molecule has 0 aromatic rings. The fourth-order valence-electron chi connectivity index (χ4n) is 1.72. The van der Waals surface area contributed by atoms with Gasteiger partial charge in [-0.1, -0.05) is 64.2 Å². The predicted octanol–water partition coefficient (Wildman–Crippen LogP) is 6.50. The third-order valence-electron chi connectivity index (χ3n) is 4.31.